The van der Waals surface area contributed by atoms with E-state index in [2.05, 4.69) is 31.2 Å². The van der Waals surface area contributed by atoms with E-state index in [1.165, 1.54) is 96.3 Å². The molecule has 46 heavy (non-hydrogen) atoms. The molecule has 4 N–H and O–H groups in total. The van der Waals surface area contributed by atoms with Gasteiger partial charge in [0.15, 0.2) is 6.29 Å². The number of carbonyl (C=O) groups is 1. The van der Waals surface area contributed by atoms with Gasteiger partial charge in [-0.05, 0) is 44.9 Å². The number of esters is 1. The largest absolute Gasteiger partial charge is 0.457 e. The number of aliphatic hydroxyl groups excluding tert-OH is 4. The van der Waals surface area contributed by atoms with Crippen molar-refractivity contribution in [3.8, 4) is 0 Å². The summed E-state index contributed by atoms with van der Waals surface area (Å²) in [6.45, 7) is 4.17. The smallest absolute Gasteiger partial charge is 0.306 e. The lowest BCUT2D eigenvalue weighted by molar-refractivity contribution is -0.305. The standard InChI is InChI=1S/C37H68O9/c1-3-5-6-7-8-9-10-11-12-13-14-15-16-17-18-19-20-21-22-23-24-25-27-43-29-31(45-33(39)26-4-2)30-44-37-36(42)35(41)34(40)32(28-38)46-37/h10-11,13-14,31-32,34-38,40-42H,3-9,12,15-30H2,1-2H3/b11-10-,14-13-. The van der Waals surface area contributed by atoms with Crippen molar-refractivity contribution in [1.29, 1.82) is 0 Å². The Bertz CT molecular complexity index is 757. The van der Waals surface area contributed by atoms with Crippen LogP contribution in [0.15, 0.2) is 24.3 Å². The lowest BCUT2D eigenvalue weighted by Gasteiger charge is -2.39. The first-order valence-electron chi connectivity index (χ1n) is 18.4. The average Bonchev–Trinajstić information content (AvgIpc) is 3.05. The molecule has 0 bridgehead atoms. The summed E-state index contributed by atoms with van der Waals surface area (Å²) in [6, 6.07) is 0. The number of hydrogen-bond acceptors (Lipinski definition) is 9. The first kappa shape index (κ1) is 42.7. The molecule has 9 heteroatoms. The van der Waals surface area contributed by atoms with Gasteiger partial charge in [-0.2, -0.15) is 0 Å². The molecule has 9 nitrogen and oxygen atoms in total. The van der Waals surface area contributed by atoms with Crippen molar-refractivity contribution < 1.29 is 44.2 Å². The molecule has 1 aliphatic rings. The Morgan fingerprint density at radius 1 is 0.696 bits per heavy atom. The molecule has 1 saturated heterocycles. The first-order valence-corrected chi connectivity index (χ1v) is 18.4. The molecule has 270 valence electrons. The fourth-order valence-corrected chi connectivity index (χ4v) is 5.44. The summed E-state index contributed by atoms with van der Waals surface area (Å²) in [5.41, 5.74) is 0. The van der Waals surface area contributed by atoms with Crippen molar-refractivity contribution in [3.05, 3.63) is 24.3 Å². The Labute approximate surface area is 279 Å². The number of hydrogen-bond donors (Lipinski definition) is 4. The number of carbonyl (C=O) groups excluding carboxylic acids is 1. The Hall–Kier alpha value is -1.33. The van der Waals surface area contributed by atoms with Crippen LogP contribution in [-0.4, -0.2) is 89.6 Å². The van der Waals surface area contributed by atoms with Gasteiger partial charge in [0, 0.05) is 13.0 Å². The molecule has 0 aromatic carbocycles. The second-order valence-electron chi connectivity index (χ2n) is 12.7. The second-order valence-corrected chi connectivity index (χ2v) is 12.7. The van der Waals surface area contributed by atoms with E-state index in [4.69, 9.17) is 18.9 Å². The summed E-state index contributed by atoms with van der Waals surface area (Å²) < 4.78 is 22.2. The maximum absolute atomic E-state index is 12.1. The van der Waals surface area contributed by atoms with E-state index >= 15 is 0 Å². The maximum atomic E-state index is 12.1. The molecule has 0 amide bonds. The molecule has 1 rings (SSSR count). The summed E-state index contributed by atoms with van der Waals surface area (Å²) in [5.74, 6) is -0.368. The quantitative estimate of drug-likeness (QED) is 0.0379. The molecular weight excluding hydrogens is 588 g/mol. The normalized spacial score (nSPS) is 22.6. The van der Waals surface area contributed by atoms with E-state index in [0.29, 0.717) is 13.0 Å². The summed E-state index contributed by atoms with van der Waals surface area (Å²) in [7, 11) is 0. The van der Waals surface area contributed by atoms with Crippen molar-refractivity contribution in [2.75, 3.05) is 26.4 Å². The lowest BCUT2D eigenvalue weighted by atomic mass is 9.99. The molecule has 6 unspecified atom stereocenters. The third-order valence-electron chi connectivity index (χ3n) is 8.34. The third kappa shape index (κ3) is 21.5. The molecule has 0 radical (unpaired) electrons. The molecule has 1 fully saturated rings. The van der Waals surface area contributed by atoms with Gasteiger partial charge in [0.25, 0.3) is 0 Å². The highest BCUT2D eigenvalue weighted by Gasteiger charge is 2.44. The molecule has 0 saturated carbocycles. The number of ether oxygens (including phenoxy) is 4. The first-order chi connectivity index (χ1) is 22.4. The van der Waals surface area contributed by atoms with Gasteiger partial charge in [-0.25, -0.2) is 0 Å². The monoisotopic (exact) mass is 656 g/mol. The van der Waals surface area contributed by atoms with Crippen LogP contribution < -0.4 is 0 Å². The Balaban J connectivity index is 2.04. The van der Waals surface area contributed by atoms with Crippen LogP contribution in [0.25, 0.3) is 0 Å². The fourth-order valence-electron chi connectivity index (χ4n) is 5.44. The Morgan fingerprint density at radius 3 is 1.83 bits per heavy atom. The molecule has 0 aliphatic carbocycles. The van der Waals surface area contributed by atoms with E-state index in [9.17, 15) is 25.2 Å². The number of rotatable bonds is 30. The minimum Gasteiger partial charge on any atom is -0.457 e. The van der Waals surface area contributed by atoms with Gasteiger partial charge in [0.2, 0.25) is 0 Å². The zero-order chi connectivity index (χ0) is 33.7. The molecular formula is C37H68O9. The average molecular weight is 657 g/mol. The molecule has 0 aromatic rings. The van der Waals surface area contributed by atoms with Crippen molar-refractivity contribution in [2.45, 2.75) is 179 Å². The van der Waals surface area contributed by atoms with Crippen LogP contribution in [-0.2, 0) is 23.7 Å². The predicted octanol–water partition coefficient (Wildman–Crippen LogP) is 6.69. The Kier molecular flexibility index (Phi) is 27.6. The van der Waals surface area contributed by atoms with Crippen LogP contribution in [0.2, 0.25) is 0 Å². The maximum Gasteiger partial charge on any atom is 0.306 e. The number of aliphatic hydroxyl groups is 4. The van der Waals surface area contributed by atoms with Crippen LogP contribution in [0.5, 0.6) is 0 Å². The van der Waals surface area contributed by atoms with Gasteiger partial charge >= 0.3 is 5.97 Å². The fraction of sp³-hybridized carbons (Fsp3) is 0.865. The van der Waals surface area contributed by atoms with Gasteiger partial charge in [0.1, 0.15) is 30.5 Å². The zero-order valence-corrected chi connectivity index (χ0v) is 29.1. The van der Waals surface area contributed by atoms with E-state index < -0.39 is 43.4 Å². The van der Waals surface area contributed by atoms with Crippen LogP contribution >= 0.6 is 0 Å². The lowest BCUT2D eigenvalue weighted by Crippen LogP contribution is -2.59. The third-order valence-corrected chi connectivity index (χ3v) is 8.34. The van der Waals surface area contributed by atoms with Crippen LogP contribution in [0, 0.1) is 0 Å². The zero-order valence-electron chi connectivity index (χ0n) is 29.1. The highest BCUT2D eigenvalue weighted by molar-refractivity contribution is 5.69. The van der Waals surface area contributed by atoms with E-state index in [-0.39, 0.29) is 25.6 Å². The van der Waals surface area contributed by atoms with Crippen LogP contribution in [0.4, 0.5) is 0 Å². The van der Waals surface area contributed by atoms with E-state index in [0.717, 1.165) is 19.3 Å². The van der Waals surface area contributed by atoms with Crippen molar-refractivity contribution >= 4 is 5.97 Å². The van der Waals surface area contributed by atoms with Gasteiger partial charge in [-0.1, -0.05) is 115 Å². The minimum absolute atomic E-state index is 0.119. The molecule has 1 aliphatic heterocycles. The van der Waals surface area contributed by atoms with Gasteiger partial charge in [0.05, 0.1) is 19.8 Å². The predicted molar refractivity (Wildman–Crippen MR) is 182 cm³/mol. The number of allylic oxidation sites excluding steroid dienone is 4. The topological polar surface area (TPSA) is 135 Å². The minimum atomic E-state index is -1.53. The van der Waals surface area contributed by atoms with Gasteiger partial charge in [-0.15, -0.1) is 0 Å². The summed E-state index contributed by atoms with van der Waals surface area (Å²) in [4.78, 5) is 12.1. The number of unbranched alkanes of at least 4 members (excludes halogenated alkanes) is 15. The van der Waals surface area contributed by atoms with Crippen LogP contribution in [0.1, 0.15) is 142 Å². The summed E-state index contributed by atoms with van der Waals surface area (Å²) in [5, 5.41) is 39.4. The van der Waals surface area contributed by atoms with Crippen molar-refractivity contribution in [3.63, 3.8) is 0 Å². The van der Waals surface area contributed by atoms with E-state index in [1.807, 2.05) is 6.92 Å². The highest BCUT2D eigenvalue weighted by Crippen LogP contribution is 2.22. The second kappa shape index (κ2) is 29.8. The Morgan fingerprint density at radius 2 is 1.26 bits per heavy atom. The summed E-state index contributed by atoms with van der Waals surface area (Å²) in [6.07, 6.45) is 25.2. The highest BCUT2D eigenvalue weighted by atomic mass is 16.7. The van der Waals surface area contributed by atoms with E-state index in [1.54, 1.807) is 0 Å². The molecule has 6 atom stereocenters. The molecule has 1 heterocycles. The SMILES string of the molecule is CCCCCCC/C=C\C/C=C\CCCCCCCCCCCCOCC(COC1OC(CO)C(O)C(O)C1O)OC(=O)CCC. The summed E-state index contributed by atoms with van der Waals surface area (Å²) >= 11 is 0. The van der Waals surface area contributed by atoms with Crippen molar-refractivity contribution in [1.82, 2.24) is 0 Å². The van der Waals surface area contributed by atoms with Gasteiger partial charge in [-0.3, -0.25) is 4.79 Å². The van der Waals surface area contributed by atoms with Crippen LogP contribution in [0.3, 0.4) is 0 Å². The van der Waals surface area contributed by atoms with Crippen molar-refractivity contribution in [2.24, 2.45) is 0 Å². The van der Waals surface area contributed by atoms with Gasteiger partial charge < -0.3 is 39.4 Å². The molecule has 0 spiro atoms. The molecule has 0 aromatic heterocycles.